The van der Waals surface area contributed by atoms with Crippen LogP contribution in [0.2, 0.25) is 0 Å². The second-order valence-electron chi connectivity index (χ2n) is 7.07. The lowest BCUT2D eigenvalue weighted by Crippen LogP contribution is -2.48. The maximum Gasteiger partial charge on any atom is 0.294 e. The van der Waals surface area contributed by atoms with Gasteiger partial charge in [0.05, 0.1) is 4.92 Å². The highest BCUT2D eigenvalue weighted by molar-refractivity contribution is 5.92. The molecule has 144 valence electrons. The molecule has 2 atom stereocenters. The third kappa shape index (κ3) is 3.68. The molecule has 0 aliphatic carbocycles. The lowest BCUT2D eigenvalue weighted by molar-refractivity contribution is -0.384. The molecular weight excluding hydrogens is 370 g/mol. The number of hydrogen-bond acceptors (Lipinski definition) is 5. The fraction of sp³-hybridized carbons (Fsp3) is 0.444. The predicted molar refractivity (Wildman–Crippen MR) is 103 cm³/mol. The number of benzene rings is 1. The van der Waals surface area contributed by atoms with E-state index in [0.29, 0.717) is 23.5 Å². The number of amides is 1. The Kier molecular flexibility index (Phi) is 5.48. The third-order valence-electron chi connectivity index (χ3n) is 5.45. The quantitative estimate of drug-likeness (QED) is 0.638. The van der Waals surface area contributed by atoms with E-state index in [9.17, 15) is 14.9 Å². The molecule has 0 saturated carbocycles. The Morgan fingerprint density at radius 3 is 2.59 bits per heavy atom. The minimum absolute atomic E-state index is 0. The first-order valence-corrected chi connectivity index (χ1v) is 8.85. The van der Waals surface area contributed by atoms with E-state index in [4.69, 9.17) is 0 Å². The molecule has 1 amide bonds. The van der Waals surface area contributed by atoms with Gasteiger partial charge < -0.3 is 10.2 Å². The molecule has 2 unspecified atom stereocenters. The Labute approximate surface area is 163 Å². The highest BCUT2D eigenvalue weighted by atomic mass is 35.5. The first kappa shape index (κ1) is 19.3. The highest BCUT2D eigenvalue weighted by Crippen LogP contribution is 2.30. The van der Waals surface area contributed by atoms with Crippen LogP contribution >= 0.6 is 12.4 Å². The number of rotatable bonds is 4. The van der Waals surface area contributed by atoms with Crippen molar-refractivity contribution < 1.29 is 9.72 Å². The Bertz CT molecular complexity index is 843. The molecule has 9 heteroatoms. The van der Waals surface area contributed by atoms with E-state index >= 15 is 0 Å². The van der Waals surface area contributed by atoms with Gasteiger partial charge in [-0.15, -0.1) is 12.4 Å². The van der Waals surface area contributed by atoms with Gasteiger partial charge in [0.15, 0.2) is 5.69 Å². The average molecular weight is 392 g/mol. The van der Waals surface area contributed by atoms with Crippen molar-refractivity contribution >= 4 is 24.0 Å². The molecule has 2 aromatic rings. The van der Waals surface area contributed by atoms with E-state index in [-0.39, 0.29) is 30.0 Å². The van der Waals surface area contributed by atoms with Gasteiger partial charge in [-0.25, -0.2) is 4.68 Å². The smallest absolute Gasteiger partial charge is 0.294 e. The summed E-state index contributed by atoms with van der Waals surface area (Å²) in [6, 6.07) is 9.18. The zero-order valence-corrected chi connectivity index (χ0v) is 15.8. The molecule has 27 heavy (non-hydrogen) atoms. The first-order chi connectivity index (χ1) is 12.5. The van der Waals surface area contributed by atoms with Gasteiger partial charge in [0, 0.05) is 37.4 Å². The summed E-state index contributed by atoms with van der Waals surface area (Å²) in [5.74, 6) is -0.145. The van der Waals surface area contributed by atoms with Gasteiger partial charge in [0.2, 0.25) is 0 Å². The molecule has 2 saturated heterocycles. The molecule has 0 radical (unpaired) electrons. The highest BCUT2D eigenvalue weighted by Gasteiger charge is 2.36. The number of aromatic nitrogens is 2. The summed E-state index contributed by atoms with van der Waals surface area (Å²) in [5, 5.41) is 19.1. The van der Waals surface area contributed by atoms with Gasteiger partial charge in [0.1, 0.15) is 5.69 Å². The molecule has 2 fully saturated rings. The first-order valence-electron chi connectivity index (χ1n) is 8.85. The Morgan fingerprint density at radius 2 is 1.93 bits per heavy atom. The van der Waals surface area contributed by atoms with Crippen LogP contribution in [0.1, 0.15) is 36.2 Å². The Morgan fingerprint density at radius 1 is 1.26 bits per heavy atom. The van der Waals surface area contributed by atoms with Crippen LogP contribution < -0.4 is 5.32 Å². The minimum Gasteiger partial charge on any atom is -0.337 e. The zero-order chi connectivity index (χ0) is 18.3. The number of nitrogens with zero attached hydrogens (tertiary/aromatic N) is 4. The zero-order valence-electron chi connectivity index (χ0n) is 14.9. The number of halogens is 1. The number of nitro benzene ring substituents is 1. The monoisotopic (exact) mass is 391 g/mol. The normalized spacial score (nSPS) is 23.5. The predicted octanol–water partition coefficient (Wildman–Crippen LogP) is 2.56. The van der Waals surface area contributed by atoms with Crippen LogP contribution in [0.25, 0.3) is 5.69 Å². The van der Waals surface area contributed by atoms with Crippen molar-refractivity contribution in [2.75, 3.05) is 7.05 Å². The van der Waals surface area contributed by atoms with Crippen LogP contribution in [0.5, 0.6) is 0 Å². The van der Waals surface area contributed by atoms with E-state index in [2.05, 4.69) is 10.4 Å². The van der Waals surface area contributed by atoms with Crippen molar-refractivity contribution in [2.45, 2.75) is 43.8 Å². The molecule has 8 nitrogen and oxygen atoms in total. The minimum atomic E-state index is -0.449. The number of para-hydroxylation sites is 2. The summed E-state index contributed by atoms with van der Waals surface area (Å²) >= 11 is 0. The van der Waals surface area contributed by atoms with Crippen LogP contribution in [-0.4, -0.2) is 50.7 Å². The van der Waals surface area contributed by atoms with Crippen LogP contribution in [0.4, 0.5) is 5.69 Å². The molecule has 1 aromatic heterocycles. The standard InChI is InChI=1S/C18H21N5O3.ClH/c1-21(14-10-12-6-7-13(11-14)19-12)18(24)15-8-9-22(20-15)16-4-2-3-5-17(16)23(25)26;/h2-5,8-9,12-14,19H,6-7,10-11H2,1H3;1H. The third-order valence-corrected chi connectivity index (χ3v) is 5.45. The second kappa shape index (κ2) is 7.66. The van der Waals surface area contributed by atoms with Gasteiger partial charge >= 0.3 is 0 Å². The summed E-state index contributed by atoms with van der Waals surface area (Å²) < 4.78 is 1.39. The Balaban J connectivity index is 0.00000210. The molecule has 2 bridgehead atoms. The van der Waals surface area contributed by atoms with Crippen LogP contribution in [0.3, 0.4) is 0 Å². The number of nitro groups is 1. The maximum absolute atomic E-state index is 12.8. The molecule has 0 spiro atoms. The number of piperidine rings is 1. The van der Waals surface area contributed by atoms with Crippen molar-refractivity contribution in [3.8, 4) is 5.69 Å². The molecule has 2 aliphatic rings. The van der Waals surface area contributed by atoms with Crippen LogP contribution in [0.15, 0.2) is 36.5 Å². The van der Waals surface area contributed by atoms with Crippen molar-refractivity contribution in [3.05, 3.63) is 52.3 Å². The van der Waals surface area contributed by atoms with Gasteiger partial charge in [0.25, 0.3) is 11.6 Å². The summed E-state index contributed by atoms with van der Waals surface area (Å²) in [7, 11) is 1.82. The summed E-state index contributed by atoms with van der Waals surface area (Å²) in [6.07, 6.45) is 5.87. The molecule has 1 N–H and O–H groups in total. The number of fused-ring (bicyclic) bond motifs is 2. The van der Waals surface area contributed by atoms with E-state index in [1.54, 1.807) is 35.4 Å². The molecular formula is C18H22ClN5O3. The van der Waals surface area contributed by atoms with Crippen molar-refractivity contribution in [1.82, 2.24) is 20.0 Å². The van der Waals surface area contributed by atoms with Crippen molar-refractivity contribution in [1.29, 1.82) is 0 Å². The molecule has 4 rings (SSSR count). The number of carbonyl (C=O) groups is 1. The van der Waals surface area contributed by atoms with E-state index in [1.807, 2.05) is 7.05 Å². The van der Waals surface area contributed by atoms with Gasteiger partial charge in [-0.05, 0) is 37.8 Å². The lowest BCUT2D eigenvalue weighted by Gasteiger charge is -2.35. The van der Waals surface area contributed by atoms with E-state index in [1.165, 1.54) is 23.6 Å². The van der Waals surface area contributed by atoms with Crippen LogP contribution in [0, 0.1) is 10.1 Å². The number of carbonyl (C=O) groups excluding carboxylic acids is 1. The fourth-order valence-electron chi connectivity index (χ4n) is 4.07. The topological polar surface area (TPSA) is 93.3 Å². The summed E-state index contributed by atoms with van der Waals surface area (Å²) in [5.41, 5.74) is 0.605. The van der Waals surface area contributed by atoms with Gasteiger partial charge in [-0.1, -0.05) is 12.1 Å². The summed E-state index contributed by atoms with van der Waals surface area (Å²) in [4.78, 5) is 25.4. The van der Waals surface area contributed by atoms with Gasteiger partial charge in [-0.3, -0.25) is 14.9 Å². The van der Waals surface area contributed by atoms with E-state index < -0.39 is 4.92 Å². The molecule has 3 heterocycles. The van der Waals surface area contributed by atoms with Crippen LogP contribution in [-0.2, 0) is 0 Å². The van der Waals surface area contributed by atoms with Gasteiger partial charge in [-0.2, -0.15) is 5.10 Å². The van der Waals surface area contributed by atoms with Crippen molar-refractivity contribution in [3.63, 3.8) is 0 Å². The number of nitrogens with one attached hydrogen (secondary N) is 1. The largest absolute Gasteiger partial charge is 0.337 e. The lowest BCUT2D eigenvalue weighted by atomic mass is 9.98. The molecule has 2 aliphatic heterocycles. The fourth-order valence-corrected chi connectivity index (χ4v) is 4.07. The van der Waals surface area contributed by atoms with E-state index in [0.717, 1.165) is 12.8 Å². The number of hydrogen-bond donors (Lipinski definition) is 1. The maximum atomic E-state index is 12.8. The second-order valence-corrected chi connectivity index (χ2v) is 7.07. The molecule has 1 aromatic carbocycles. The Hall–Kier alpha value is -2.45. The van der Waals surface area contributed by atoms with Crippen molar-refractivity contribution in [2.24, 2.45) is 0 Å². The SMILES string of the molecule is CN(C(=O)c1ccn(-c2ccccc2[N+](=O)[O-])n1)C1CC2CCC(C1)N2.Cl. The average Bonchev–Trinajstić information content (AvgIpc) is 3.27. The summed E-state index contributed by atoms with van der Waals surface area (Å²) in [6.45, 7) is 0.